The van der Waals surface area contributed by atoms with Crippen molar-refractivity contribution in [2.24, 2.45) is 5.11 Å². The Balaban J connectivity index is 1.61. The highest BCUT2D eigenvalue weighted by atomic mass is 16.7. The van der Waals surface area contributed by atoms with Crippen LogP contribution in [-0.4, -0.2) is 50.3 Å². The molecule has 4 rings (SSSR count). The zero-order chi connectivity index (χ0) is 27.5. The zero-order valence-electron chi connectivity index (χ0n) is 21.8. The first-order valence-corrected chi connectivity index (χ1v) is 12.5. The summed E-state index contributed by atoms with van der Waals surface area (Å²) in [6.45, 7) is 1.89. The summed E-state index contributed by atoms with van der Waals surface area (Å²) in [5.74, 6) is 0.597. The van der Waals surface area contributed by atoms with Crippen LogP contribution < -0.4 is 9.47 Å². The summed E-state index contributed by atoms with van der Waals surface area (Å²) in [6.07, 6.45) is -3.63. The number of carbonyl (C=O) groups excluding carboxylic acids is 1. The van der Waals surface area contributed by atoms with Crippen molar-refractivity contribution in [3.8, 4) is 11.5 Å². The number of ether oxygens (including phenoxy) is 6. The number of methoxy groups -OCH3 is 1. The molecular formula is C29H31N3O7. The van der Waals surface area contributed by atoms with Crippen LogP contribution in [0.15, 0.2) is 90.0 Å². The first-order valence-electron chi connectivity index (χ1n) is 12.5. The third-order valence-electron chi connectivity index (χ3n) is 6.09. The molecule has 0 aromatic heterocycles. The summed E-state index contributed by atoms with van der Waals surface area (Å²) in [5, 5.41) is 3.96. The van der Waals surface area contributed by atoms with E-state index in [1.807, 2.05) is 60.7 Å². The number of carbonyl (C=O) groups is 1. The van der Waals surface area contributed by atoms with E-state index < -0.39 is 36.6 Å². The van der Waals surface area contributed by atoms with Crippen LogP contribution in [-0.2, 0) is 37.0 Å². The third-order valence-corrected chi connectivity index (χ3v) is 6.09. The van der Waals surface area contributed by atoms with Gasteiger partial charge in [0.25, 0.3) is 0 Å². The van der Waals surface area contributed by atoms with Gasteiger partial charge in [-0.2, -0.15) is 0 Å². The molecule has 10 heteroatoms. The van der Waals surface area contributed by atoms with Crippen LogP contribution in [0, 0.1) is 0 Å². The zero-order valence-corrected chi connectivity index (χ0v) is 21.8. The summed E-state index contributed by atoms with van der Waals surface area (Å²) in [4.78, 5) is 15.2. The summed E-state index contributed by atoms with van der Waals surface area (Å²) in [6, 6.07) is 25.1. The molecule has 1 fully saturated rings. The SMILES string of the molecule is COc1ccc(OC2OC(COCc3ccccc3)C(OC(C)=O)C(OCc3ccccc3)C2N=[N+]=[N-])cc1. The van der Waals surface area contributed by atoms with Gasteiger partial charge in [-0.3, -0.25) is 4.79 Å². The van der Waals surface area contributed by atoms with E-state index in [0.717, 1.165) is 11.1 Å². The standard InChI is InChI=1S/C29H31N3O7/c1-20(33)37-27-25(19-35-17-21-9-5-3-6-10-21)39-29(38-24-15-13-23(34-2)14-16-24)26(31-32-30)28(27)36-18-22-11-7-4-8-12-22/h3-16,25-29H,17-19H2,1-2H3. The molecule has 1 heterocycles. The minimum atomic E-state index is -1.05. The van der Waals surface area contributed by atoms with Crippen LogP contribution in [0.4, 0.5) is 0 Å². The number of esters is 1. The van der Waals surface area contributed by atoms with E-state index in [2.05, 4.69) is 10.0 Å². The number of nitrogens with zero attached hydrogens (tertiary/aromatic N) is 3. The molecule has 0 amide bonds. The average molecular weight is 534 g/mol. The molecule has 0 N–H and O–H groups in total. The minimum Gasteiger partial charge on any atom is -0.497 e. The number of rotatable bonds is 12. The largest absolute Gasteiger partial charge is 0.497 e. The van der Waals surface area contributed by atoms with Crippen LogP contribution >= 0.6 is 0 Å². The predicted molar refractivity (Wildman–Crippen MR) is 142 cm³/mol. The lowest BCUT2D eigenvalue weighted by Crippen LogP contribution is -2.61. The van der Waals surface area contributed by atoms with Crippen LogP contribution in [0.3, 0.4) is 0 Å². The number of hydrogen-bond acceptors (Lipinski definition) is 8. The maximum Gasteiger partial charge on any atom is 0.303 e. The van der Waals surface area contributed by atoms with Crippen molar-refractivity contribution in [1.29, 1.82) is 0 Å². The molecule has 0 bridgehead atoms. The van der Waals surface area contributed by atoms with E-state index in [1.165, 1.54) is 6.92 Å². The molecule has 1 saturated heterocycles. The second-order valence-electron chi connectivity index (χ2n) is 8.87. The van der Waals surface area contributed by atoms with Crippen LogP contribution in [0.5, 0.6) is 11.5 Å². The molecule has 39 heavy (non-hydrogen) atoms. The highest BCUT2D eigenvalue weighted by Gasteiger charge is 2.49. The van der Waals surface area contributed by atoms with Crippen LogP contribution in [0.2, 0.25) is 0 Å². The van der Waals surface area contributed by atoms with Crippen LogP contribution in [0.1, 0.15) is 18.1 Å². The first kappa shape index (κ1) is 27.9. The molecule has 1 aliphatic heterocycles. The Hall–Kier alpha value is -4.08. The fourth-order valence-electron chi connectivity index (χ4n) is 4.25. The monoisotopic (exact) mass is 533 g/mol. The Bertz CT molecular complexity index is 1220. The van der Waals surface area contributed by atoms with Crippen molar-refractivity contribution in [2.75, 3.05) is 13.7 Å². The second-order valence-corrected chi connectivity index (χ2v) is 8.87. The highest BCUT2D eigenvalue weighted by molar-refractivity contribution is 5.66. The Kier molecular flexibility index (Phi) is 10.2. The van der Waals surface area contributed by atoms with Gasteiger partial charge in [0.2, 0.25) is 6.29 Å². The van der Waals surface area contributed by atoms with E-state index in [4.69, 9.17) is 28.4 Å². The minimum absolute atomic E-state index is 0.0729. The molecular weight excluding hydrogens is 502 g/mol. The Labute approximate surface area is 227 Å². The average Bonchev–Trinajstić information content (AvgIpc) is 2.96. The van der Waals surface area contributed by atoms with E-state index in [0.29, 0.717) is 18.1 Å². The predicted octanol–water partition coefficient (Wildman–Crippen LogP) is 5.21. The second kappa shape index (κ2) is 14.2. The number of benzene rings is 3. The number of hydrogen-bond donors (Lipinski definition) is 0. The Morgan fingerprint density at radius 1 is 0.897 bits per heavy atom. The van der Waals surface area contributed by atoms with E-state index in [-0.39, 0.29) is 13.2 Å². The maximum absolute atomic E-state index is 12.1. The summed E-state index contributed by atoms with van der Waals surface area (Å²) < 4.78 is 35.5. The first-order chi connectivity index (χ1) is 19.1. The van der Waals surface area contributed by atoms with Crippen molar-refractivity contribution < 1.29 is 33.2 Å². The van der Waals surface area contributed by atoms with E-state index >= 15 is 0 Å². The van der Waals surface area contributed by atoms with Gasteiger partial charge in [0.15, 0.2) is 6.10 Å². The molecule has 0 radical (unpaired) electrons. The van der Waals surface area contributed by atoms with Gasteiger partial charge in [-0.25, -0.2) is 0 Å². The molecule has 1 aliphatic rings. The smallest absolute Gasteiger partial charge is 0.303 e. The Morgan fingerprint density at radius 2 is 1.51 bits per heavy atom. The highest BCUT2D eigenvalue weighted by Crippen LogP contribution is 2.32. The number of azide groups is 1. The molecule has 10 nitrogen and oxygen atoms in total. The quantitative estimate of drug-likeness (QED) is 0.136. The van der Waals surface area contributed by atoms with Gasteiger partial charge in [0.05, 0.1) is 26.9 Å². The lowest BCUT2D eigenvalue weighted by molar-refractivity contribution is -0.259. The van der Waals surface area contributed by atoms with Crippen molar-refractivity contribution in [1.82, 2.24) is 0 Å². The molecule has 5 unspecified atom stereocenters. The van der Waals surface area contributed by atoms with Gasteiger partial charge < -0.3 is 28.4 Å². The third kappa shape index (κ3) is 7.95. The Morgan fingerprint density at radius 3 is 2.10 bits per heavy atom. The maximum atomic E-state index is 12.1. The van der Waals surface area contributed by atoms with Gasteiger partial charge in [0.1, 0.15) is 29.7 Å². The lowest BCUT2D eigenvalue weighted by atomic mass is 9.96. The molecule has 0 aliphatic carbocycles. The fourth-order valence-corrected chi connectivity index (χ4v) is 4.25. The van der Waals surface area contributed by atoms with E-state index in [9.17, 15) is 10.3 Å². The van der Waals surface area contributed by atoms with Crippen molar-refractivity contribution >= 4 is 5.97 Å². The summed E-state index contributed by atoms with van der Waals surface area (Å²) in [5.41, 5.74) is 11.3. The van der Waals surface area contributed by atoms with Gasteiger partial charge in [-0.15, -0.1) is 0 Å². The molecule has 3 aromatic carbocycles. The van der Waals surface area contributed by atoms with Gasteiger partial charge in [-0.05, 0) is 40.9 Å². The van der Waals surface area contributed by atoms with E-state index in [1.54, 1.807) is 31.4 Å². The van der Waals surface area contributed by atoms with Crippen molar-refractivity contribution in [3.05, 3.63) is 106 Å². The fraction of sp³-hybridized carbons (Fsp3) is 0.345. The van der Waals surface area contributed by atoms with Crippen molar-refractivity contribution in [3.63, 3.8) is 0 Å². The molecule has 204 valence electrons. The van der Waals surface area contributed by atoms with Crippen molar-refractivity contribution in [2.45, 2.75) is 50.8 Å². The summed E-state index contributed by atoms with van der Waals surface area (Å²) in [7, 11) is 1.57. The molecule has 3 aromatic rings. The van der Waals surface area contributed by atoms with Gasteiger partial charge in [0, 0.05) is 11.8 Å². The van der Waals surface area contributed by atoms with Gasteiger partial charge in [-0.1, -0.05) is 65.8 Å². The van der Waals surface area contributed by atoms with Crippen LogP contribution in [0.25, 0.3) is 10.4 Å². The molecule has 5 atom stereocenters. The molecule has 0 saturated carbocycles. The van der Waals surface area contributed by atoms with Gasteiger partial charge >= 0.3 is 5.97 Å². The normalized spacial score (nSPS) is 22.4. The topological polar surface area (TPSA) is 121 Å². The molecule has 0 spiro atoms. The summed E-state index contributed by atoms with van der Waals surface area (Å²) >= 11 is 0. The lowest BCUT2D eigenvalue weighted by Gasteiger charge is -2.44.